The summed E-state index contributed by atoms with van der Waals surface area (Å²) in [5, 5.41) is 2.60. The van der Waals surface area contributed by atoms with E-state index in [0.717, 1.165) is 13.0 Å². The average Bonchev–Trinajstić information content (AvgIpc) is 2.38. The molecule has 0 atom stereocenters. The Balaban J connectivity index is 3.04. The maximum absolute atomic E-state index is 11.5. The van der Waals surface area contributed by atoms with E-state index >= 15 is 0 Å². The number of nitrogens with one attached hydrogen (secondary N) is 1. The van der Waals surface area contributed by atoms with E-state index in [9.17, 15) is 4.79 Å². The van der Waals surface area contributed by atoms with Gasteiger partial charge in [-0.2, -0.15) is 0 Å². The number of hydrogen-bond donors (Lipinski definition) is 2. The molecule has 3 N–H and O–H groups in total. The van der Waals surface area contributed by atoms with Gasteiger partial charge in [-0.3, -0.25) is 4.79 Å². The van der Waals surface area contributed by atoms with Gasteiger partial charge in [-0.1, -0.05) is 19.1 Å². The van der Waals surface area contributed by atoms with Gasteiger partial charge in [-0.05, 0) is 18.6 Å². The molecular weight excluding hydrogens is 248 g/mol. The standard InChI is InChI=1S/C12H18N4OS/c1-3-7-16(8-10(17)14-2)12-9(11(13)18)5-4-6-15-12/h4-6H,3,7-8H2,1-2H3,(H2,13,18)(H,14,17). The van der Waals surface area contributed by atoms with Gasteiger partial charge in [0.25, 0.3) is 0 Å². The van der Waals surface area contributed by atoms with Crippen molar-refractivity contribution >= 4 is 28.9 Å². The van der Waals surface area contributed by atoms with Crippen LogP contribution < -0.4 is 16.0 Å². The normalized spacial score (nSPS) is 9.89. The number of anilines is 1. The number of likely N-dealkylation sites (N-methyl/N-ethyl adjacent to an activating group) is 1. The monoisotopic (exact) mass is 266 g/mol. The zero-order valence-corrected chi connectivity index (χ0v) is 11.5. The zero-order chi connectivity index (χ0) is 13.5. The number of amides is 1. The van der Waals surface area contributed by atoms with Gasteiger partial charge >= 0.3 is 0 Å². The predicted molar refractivity (Wildman–Crippen MR) is 76.7 cm³/mol. The van der Waals surface area contributed by atoms with Crippen molar-refractivity contribution in [3.63, 3.8) is 0 Å². The van der Waals surface area contributed by atoms with Gasteiger partial charge in [0.05, 0.1) is 12.1 Å². The number of nitrogens with zero attached hydrogens (tertiary/aromatic N) is 2. The van der Waals surface area contributed by atoms with Crippen LogP contribution in [0.1, 0.15) is 18.9 Å². The van der Waals surface area contributed by atoms with Gasteiger partial charge in [0, 0.05) is 19.8 Å². The van der Waals surface area contributed by atoms with Crippen LogP contribution in [0.2, 0.25) is 0 Å². The number of thiocarbonyl (C=S) groups is 1. The van der Waals surface area contributed by atoms with Crippen LogP contribution in [0.3, 0.4) is 0 Å². The van der Waals surface area contributed by atoms with E-state index in [1.165, 1.54) is 0 Å². The molecule has 6 heteroatoms. The number of pyridine rings is 1. The molecule has 0 bridgehead atoms. The fourth-order valence-corrected chi connectivity index (χ4v) is 1.78. The number of nitrogens with two attached hydrogens (primary N) is 1. The third-order valence-corrected chi connectivity index (χ3v) is 2.68. The van der Waals surface area contributed by atoms with Crippen molar-refractivity contribution in [2.24, 2.45) is 5.73 Å². The van der Waals surface area contributed by atoms with Crippen LogP contribution in [0.5, 0.6) is 0 Å². The Morgan fingerprint density at radius 2 is 2.33 bits per heavy atom. The molecule has 0 spiro atoms. The van der Waals surface area contributed by atoms with E-state index in [0.29, 0.717) is 11.4 Å². The minimum atomic E-state index is -0.0667. The molecule has 0 aliphatic rings. The van der Waals surface area contributed by atoms with Crippen LogP contribution >= 0.6 is 12.2 Å². The molecule has 0 aliphatic heterocycles. The Morgan fingerprint density at radius 3 is 2.89 bits per heavy atom. The van der Waals surface area contributed by atoms with Crippen molar-refractivity contribution < 1.29 is 4.79 Å². The first-order chi connectivity index (χ1) is 8.60. The fourth-order valence-electron chi connectivity index (χ4n) is 1.62. The summed E-state index contributed by atoms with van der Waals surface area (Å²) in [7, 11) is 1.61. The molecule has 0 unspecified atom stereocenters. The number of carbonyl (C=O) groups excluding carboxylic acids is 1. The molecule has 98 valence electrons. The highest BCUT2D eigenvalue weighted by atomic mass is 32.1. The second-order valence-corrected chi connectivity index (χ2v) is 4.27. The SMILES string of the molecule is CCCN(CC(=O)NC)c1ncccc1C(N)=S. The maximum Gasteiger partial charge on any atom is 0.239 e. The third-order valence-electron chi connectivity index (χ3n) is 2.46. The summed E-state index contributed by atoms with van der Waals surface area (Å²) >= 11 is 5.01. The number of aromatic nitrogens is 1. The summed E-state index contributed by atoms with van der Waals surface area (Å²) in [6, 6.07) is 3.60. The molecule has 1 amide bonds. The van der Waals surface area contributed by atoms with Crippen LogP contribution in [0.15, 0.2) is 18.3 Å². The van der Waals surface area contributed by atoms with Crippen LogP contribution in [0.25, 0.3) is 0 Å². The van der Waals surface area contributed by atoms with Gasteiger partial charge in [-0.25, -0.2) is 4.98 Å². The van der Waals surface area contributed by atoms with Gasteiger partial charge in [0.15, 0.2) is 0 Å². The summed E-state index contributed by atoms with van der Waals surface area (Å²) in [6.45, 7) is 3.01. The Labute approximate surface area is 112 Å². The summed E-state index contributed by atoms with van der Waals surface area (Å²) in [5.41, 5.74) is 6.37. The highest BCUT2D eigenvalue weighted by Crippen LogP contribution is 2.17. The number of rotatable bonds is 6. The topological polar surface area (TPSA) is 71.2 Å². The van der Waals surface area contributed by atoms with Crippen molar-refractivity contribution in [2.45, 2.75) is 13.3 Å². The van der Waals surface area contributed by atoms with Crippen molar-refractivity contribution in [3.05, 3.63) is 23.9 Å². The molecule has 0 saturated heterocycles. The highest BCUT2D eigenvalue weighted by Gasteiger charge is 2.15. The minimum absolute atomic E-state index is 0.0667. The quantitative estimate of drug-likeness (QED) is 0.741. The van der Waals surface area contributed by atoms with Gasteiger partial charge in [0.1, 0.15) is 10.8 Å². The fraction of sp³-hybridized carbons (Fsp3) is 0.417. The minimum Gasteiger partial charge on any atom is -0.389 e. The van der Waals surface area contributed by atoms with E-state index in [2.05, 4.69) is 10.3 Å². The molecule has 0 radical (unpaired) electrons. The molecule has 0 aliphatic carbocycles. The van der Waals surface area contributed by atoms with Gasteiger partial charge < -0.3 is 16.0 Å². The lowest BCUT2D eigenvalue weighted by Gasteiger charge is -2.24. The van der Waals surface area contributed by atoms with Crippen LogP contribution in [0.4, 0.5) is 5.82 Å². The first-order valence-electron chi connectivity index (χ1n) is 5.80. The second-order valence-electron chi connectivity index (χ2n) is 3.83. The van der Waals surface area contributed by atoms with Crippen molar-refractivity contribution in [3.8, 4) is 0 Å². The van der Waals surface area contributed by atoms with Gasteiger partial charge in [-0.15, -0.1) is 0 Å². The first-order valence-corrected chi connectivity index (χ1v) is 6.21. The maximum atomic E-state index is 11.5. The lowest BCUT2D eigenvalue weighted by atomic mass is 10.2. The molecule has 1 aromatic rings. The number of carbonyl (C=O) groups is 1. The highest BCUT2D eigenvalue weighted by molar-refractivity contribution is 7.80. The van der Waals surface area contributed by atoms with Crippen molar-refractivity contribution in [1.82, 2.24) is 10.3 Å². The molecule has 1 rings (SSSR count). The van der Waals surface area contributed by atoms with E-state index in [1.807, 2.05) is 17.9 Å². The Morgan fingerprint density at radius 1 is 1.61 bits per heavy atom. The molecule has 1 heterocycles. The van der Waals surface area contributed by atoms with E-state index in [-0.39, 0.29) is 17.4 Å². The molecular formula is C12H18N4OS. The van der Waals surface area contributed by atoms with E-state index < -0.39 is 0 Å². The van der Waals surface area contributed by atoms with Crippen molar-refractivity contribution in [1.29, 1.82) is 0 Å². The Hall–Kier alpha value is -1.69. The second kappa shape index (κ2) is 6.90. The summed E-state index contributed by atoms with van der Waals surface area (Å²) in [4.78, 5) is 18.0. The summed E-state index contributed by atoms with van der Waals surface area (Å²) < 4.78 is 0. The lowest BCUT2D eigenvalue weighted by molar-refractivity contribution is -0.119. The average molecular weight is 266 g/mol. The summed E-state index contributed by atoms with van der Waals surface area (Å²) in [6.07, 6.45) is 2.58. The van der Waals surface area contributed by atoms with Crippen LogP contribution in [-0.2, 0) is 4.79 Å². The Bertz CT molecular complexity index is 436. The lowest BCUT2D eigenvalue weighted by Crippen LogP contribution is -2.37. The molecule has 0 saturated carbocycles. The van der Waals surface area contributed by atoms with Crippen LogP contribution in [0, 0.1) is 0 Å². The van der Waals surface area contributed by atoms with Crippen molar-refractivity contribution in [2.75, 3.05) is 25.0 Å². The third kappa shape index (κ3) is 3.66. The molecule has 5 nitrogen and oxygen atoms in total. The van der Waals surface area contributed by atoms with E-state index in [1.54, 1.807) is 19.3 Å². The predicted octanol–water partition coefficient (Wildman–Crippen LogP) is 0.678. The first kappa shape index (κ1) is 14.4. The van der Waals surface area contributed by atoms with Gasteiger partial charge in [0.2, 0.25) is 5.91 Å². The largest absolute Gasteiger partial charge is 0.389 e. The molecule has 0 fully saturated rings. The Kier molecular flexibility index (Phi) is 5.51. The summed E-state index contributed by atoms with van der Waals surface area (Å²) in [5.74, 6) is 0.596. The number of hydrogen-bond acceptors (Lipinski definition) is 4. The zero-order valence-electron chi connectivity index (χ0n) is 10.6. The molecule has 18 heavy (non-hydrogen) atoms. The van der Waals surface area contributed by atoms with Crippen LogP contribution in [-0.4, -0.2) is 36.0 Å². The molecule has 1 aromatic heterocycles. The molecule has 0 aromatic carbocycles. The van der Waals surface area contributed by atoms with E-state index in [4.69, 9.17) is 18.0 Å². The smallest absolute Gasteiger partial charge is 0.239 e.